The first-order valence-electron chi connectivity index (χ1n) is 8.02. The molecule has 1 atom stereocenters. The van der Waals surface area contributed by atoms with Crippen molar-refractivity contribution in [3.8, 4) is 5.75 Å². The fourth-order valence-corrected chi connectivity index (χ4v) is 2.54. The fourth-order valence-electron chi connectivity index (χ4n) is 2.54. The van der Waals surface area contributed by atoms with Crippen LogP contribution in [0.2, 0.25) is 0 Å². The van der Waals surface area contributed by atoms with E-state index in [2.05, 4.69) is 5.32 Å². The average molecular weight is 322 g/mol. The molecule has 0 spiro atoms. The minimum absolute atomic E-state index is 0.0997. The Morgan fingerprint density at radius 2 is 2.00 bits per heavy atom. The van der Waals surface area contributed by atoms with E-state index in [1.54, 1.807) is 7.11 Å². The van der Waals surface area contributed by atoms with E-state index in [9.17, 15) is 4.79 Å². The lowest BCUT2D eigenvalue weighted by Crippen LogP contribution is -2.46. The van der Waals surface area contributed by atoms with E-state index in [0.29, 0.717) is 33.0 Å². The number of nitrogens with two attached hydrogens (primary N) is 1. The van der Waals surface area contributed by atoms with E-state index >= 15 is 0 Å². The van der Waals surface area contributed by atoms with E-state index in [4.69, 9.17) is 19.9 Å². The standard InChI is InChI=1S/C17H26N2O4/c1-21-10-11-23-15-4-2-13(3-5-15)12-19-17(20)16(18)14-6-8-22-9-7-14/h2-5,14,16H,6-12,18H2,1H3,(H,19,20). The van der Waals surface area contributed by atoms with Crippen LogP contribution in [0, 0.1) is 5.92 Å². The maximum atomic E-state index is 12.1. The van der Waals surface area contributed by atoms with Gasteiger partial charge in [0, 0.05) is 26.9 Å². The molecule has 0 bridgehead atoms. The molecule has 0 aliphatic carbocycles. The van der Waals surface area contributed by atoms with Crippen LogP contribution in [0.25, 0.3) is 0 Å². The van der Waals surface area contributed by atoms with Gasteiger partial charge in [-0.3, -0.25) is 4.79 Å². The fraction of sp³-hybridized carbons (Fsp3) is 0.588. The van der Waals surface area contributed by atoms with E-state index < -0.39 is 6.04 Å². The second-order valence-electron chi connectivity index (χ2n) is 5.68. The number of benzene rings is 1. The third-order valence-corrected chi connectivity index (χ3v) is 4.02. The predicted octanol–water partition coefficient (Wildman–Crippen LogP) is 1.08. The van der Waals surface area contributed by atoms with Crippen molar-refractivity contribution in [2.24, 2.45) is 11.7 Å². The van der Waals surface area contributed by atoms with Crippen LogP contribution in [0.4, 0.5) is 0 Å². The number of carbonyl (C=O) groups is 1. The van der Waals surface area contributed by atoms with Crippen molar-refractivity contribution in [1.29, 1.82) is 0 Å². The highest BCUT2D eigenvalue weighted by Gasteiger charge is 2.26. The summed E-state index contributed by atoms with van der Waals surface area (Å²) in [6.45, 7) is 2.93. The number of nitrogens with one attached hydrogen (secondary N) is 1. The van der Waals surface area contributed by atoms with Gasteiger partial charge >= 0.3 is 0 Å². The Morgan fingerprint density at radius 1 is 1.30 bits per heavy atom. The van der Waals surface area contributed by atoms with Gasteiger partial charge in [-0.2, -0.15) is 0 Å². The summed E-state index contributed by atoms with van der Waals surface area (Å²) in [6, 6.07) is 7.17. The van der Waals surface area contributed by atoms with Gasteiger partial charge in [0.1, 0.15) is 12.4 Å². The summed E-state index contributed by atoms with van der Waals surface area (Å²) in [7, 11) is 1.64. The summed E-state index contributed by atoms with van der Waals surface area (Å²) in [4.78, 5) is 12.1. The third kappa shape index (κ3) is 5.82. The Hall–Kier alpha value is -1.63. The minimum atomic E-state index is -0.462. The maximum Gasteiger partial charge on any atom is 0.237 e. The number of ether oxygens (including phenoxy) is 3. The zero-order valence-electron chi connectivity index (χ0n) is 13.6. The first-order chi connectivity index (χ1) is 11.2. The molecule has 0 saturated carbocycles. The van der Waals surface area contributed by atoms with Crippen LogP contribution in [0.3, 0.4) is 0 Å². The summed E-state index contributed by atoms with van der Waals surface area (Å²) < 4.78 is 15.7. The van der Waals surface area contributed by atoms with Crippen molar-refractivity contribution < 1.29 is 19.0 Å². The lowest BCUT2D eigenvalue weighted by Gasteiger charge is -2.26. The van der Waals surface area contributed by atoms with Crippen molar-refractivity contribution in [2.45, 2.75) is 25.4 Å². The molecule has 23 heavy (non-hydrogen) atoms. The Bertz CT molecular complexity index is 472. The van der Waals surface area contributed by atoms with E-state index in [1.807, 2.05) is 24.3 Å². The predicted molar refractivity (Wildman–Crippen MR) is 87.2 cm³/mol. The van der Waals surface area contributed by atoms with Gasteiger partial charge in [0.2, 0.25) is 5.91 Å². The summed E-state index contributed by atoms with van der Waals surface area (Å²) >= 11 is 0. The molecule has 1 amide bonds. The lowest BCUT2D eigenvalue weighted by molar-refractivity contribution is -0.124. The second kappa shape index (κ2) is 9.50. The molecule has 1 unspecified atom stereocenters. The number of methoxy groups -OCH3 is 1. The van der Waals surface area contributed by atoms with Gasteiger partial charge in [0.15, 0.2) is 0 Å². The maximum absolute atomic E-state index is 12.1. The lowest BCUT2D eigenvalue weighted by atomic mass is 9.92. The summed E-state index contributed by atoms with van der Waals surface area (Å²) in [5, 5.41) is 2.90. The summed E-state index contributed by atoms with van der Waals surface area (Å²) in [6.07, 6.45) is 1.70. The van der Waals surface area contributed by atoms with Crippen LogP contribution in [0.15, 0.2) is 24.3 Å². The van der Waals surface area contributed by atoms with Gasteiger partial charge in [-0.1, -0.05) is 12.1 Å². The highest BCUT2D eigenvalue weighted by molar-refractivity contribution is 5.81. The SMILES string of the molecule is COCCOc1ccc(CNC(=O)C(N)C2CCOCC2)cc1. The molecule has 3 N–H and O–H groups in total. The van der Waals surface area contributed by atoms with E-state index in [-0.39, 0.29) is 11.8 Å². The van der Waals surface area contributed by atoms with Crippen molar-refractivity contribution in [3.63, 3.8) is 0 Å². The number of rotatable bonds is 8. The van der Waals surface area contributed by atoms with Crippen LogP contribution in [0.1, 0.15) is 18.4 Å². The normalized spacial score (nSPS) is 16.8. The van der Waals surface area contributed by atoms with Crippen molar-refractivity contribution in [2.75, 3.05) is 33.5 Å². The highest BCUT2D eigenvalue weighted by Crippen LogP contribution is 2.18. The number of hydrogen-bond acceptors (Lipinski definition) is 5. The molecule has 1 fully saturated rings. The number of carbonyl (C=O) groups excluding carboxylic acids is 1. The van der Waals surface area contributed by atoms with Gasteiger partial charge < -0.3 is 25.3 Å². The zero-order valence-corrected chi connectivity index (χ0v) is 13.6. The molecule has 6 nitrogen and oxygen atoms in total. The number of hydrogen-bond donors (Lipinski definition) is 2. The van der Waals surface area contributed by atoms with Crippen molar-refractivity contribution >= 4 is 5.91 Å². The number of amides is 1. The molecule has 2 rings (SSSR count). The highest BCUT2D eigenvalue weighted by atomic mass is 16.5. The van der Waals surface area contributed by atoms with Crippen LogP contribution in [0.5, 0.6) is 5.75 Å². The van der Waals surface area contributed by atoms with E-state index in [1.165, 1.54) is 0 Å². The van der Waals surface area contributed by atoms with Gasteiger partial charge in [0.05, 0.1) is 12.6 Å². The monoisotopic (exact) mass is 322 g/mol. The van der Waals surface area contributed by atoms with Crippen molar-refractivity contribution in [3.05, 3.63) is 29.8 Å². The molecular weight excluding hydrogens is 296 g/mol. The molecule has 1 heterocycles. The Balaban J connectivity index is 1.74. The third-order valence-electron chi connectivity index (χ3n) is 4.02. The molecule has 1 aromatic rings. The largest absolute Gasteiger partial charge is 0.491 e. The first-order valence-corrected chi connectivity index (χ1v) is 8.02. The Labute approximate surface area is 137 Å². The van der Waals surface area contributed by atoms with Crippen LogP contribution >= 0.6 is 0 Å². The second-order valence-corrected chi connectivity index (χ2v) is 5.68. The van der Waals surface area contributed by atoms with Gasteiger partial charge in [-0.15, -0.1) is 0 Å². The van der Waals surface area contributed by atoms with E-state index in [0.717, 1.165) is 24.2 Å². The topological polar surface area (TPSA) is 82.8 Å². The van der Waals surface area contributed by atoms with Crippen molar-refractivity contribution in [1.82, 2.24) is 5.32 Å². The zero-order chi connectivity index (χ0) is 16.5. The van der Waals surface area contributed by atoms with Crippen LogP contribution in [-0.2, 0) is 20.8 Å². The van der Waals surface area contributed by atoms with Crippen LogP contribution < -0.4 is 15.8 Å². The molecule has 1 saturated heterocycles. The first kappa shape index (κ1) is 17.7. The summed E-state index contributed by atoms with van der Waals surface area (Å²) in [5.74, 6) is 0.897. The minimum Gasteiger partial charge on any atom is -0.491 e. The molecule has 1 aromatic carbocycles. The molecular formula is C17H26N2O4. The van der Waals surface area contributed by atoms with Crippen LogP contribution in [-0.4, -0.2) is 45.5 Å². The van der Waals surface area contributed by atoms with Gasteiger partial charge in [-0.25, -0.2) is 0 Å². The quantitative estimate of drug-likeness (QED) is 0.700. The Kier molecular flexibility index (Phi) is 7.32. The molecule has 0 radical (unpaired) electrons. The smallest absolute Gasteiger partial charge is 0.237 e. The molecule has 128 valence electrons. The molecule has 1 aliphatic rings. The molecule has 6 heteroatoms. The Morgan fingerprint density at radius 3 is 2.65 bits per heavy atom. The molecule has 1 aliphatic heterocycles. The molecule has 0 aromatic heterocycles. The average Bonchev–Trinajstić information content (AvgIpc) is 2.61. The van der Waals surface area contributed by atoms with Gasteiger partial charge in [0.25, 0.3) is 0 Å². The summed E-state index contributed by atoms with van der Waals surface area (Å²) in [5.41, 5.74) is 7.06. The van der Waals surface area contributed by atoms with Gasteiger partial charge in [-0.05, 0) is 36.5 Å².